The van der Waals surface area contributed by atoms with Crippen molar-refractivity contribution in [1.29, 1.82) is 0 Å². The second-order valence-corrected chi connectivity index (χ2v) is 5.91. The molecule has 1 amide bonds. The lowest BCUT2D eigenvalue weighted by Crippen LogP contribution is -2.53. The Hall–Kier alpha value is -1.83. The number of ether oxygens (including phenoxy) is 1. The van der Waals surface area contributed by atoms with E-state index in [2.05, 4.69) is 11.8 Å². The fourth-order valence-corrected chi connectivity index (χ4v) is 2.66. The summed E-state index contributed by atoms with van der Waals surface area (Å²) in [5.74, 6) is 5.40. The van der Waals surface area contributed by atoms with Gasteiger partial charge in [-0.05, 0) is 39.0 Å². The van der Waals surface area contributed by atoms with Crippen LogP contribution < -0.4 is 0 Å². The van der Waals surface area contributed by atoms with Crippen molar-refractivity contribution in [1.82, 2.24) is 4.90 Å². The van der Waals surface area contributed by atoms with Crippen molar-refractivity contribution in [2.24, 2.45) is 0 Å². The number of hydrogen-bond acceptors (Lipinski definition) is 3. The van der Waals surface area contributed by atoms with Crippen LogP contribution in [0.5, 0.6) is 0 Å². The van der Waals surface area contributed by atoms with Gasteiger partial charge in [0.15, 0.2) is 0 Å². The van der Waals surface area contributed by atoms with E-state index in [0.29, 0.717) is 18.7 Å². The van der Waals surface area contributed by atoms with Crippen LogP contribution in [0.2, 0.25) is 0 Å². The average molecular weight is 287 g/mol. The standard InChI is InChI=1S/C17H21NO3/c1-13-11-18(12-17(2,3)21-13)16(20)15-8-4-6-14(10-15)7-5-9-19/h4,6,8,10,13,19H,9,11-12H2,1-3H3. The van der Waals surface area contributed by atoms with E-state index in [9.17, 15) is 4.79 Å². The van der Waals surface area contributed by atoms with E-state index in [4.69, 9.17) is 9.84 Å². The molecule has 1 fully saturated rings. The van der Waals surface area contributed by atoms with E-state index >= 15 is 0 Å². The largest absolute Gasteiger partial charge is 0.384 e. The highest BCUT2D eigenvalue weighted by Gasteiger charge is 2.33. The summed E-state index contributed by atoms with van der Waals surface area (Å²) in [6, 6.07) is 7.19. The number of amides is 1. The molecule has 1 N–H and O–H groups in total. The van der Waals surface area contributed by atoms with Gasteiger partial charge in [-0.2, -0.15) is 0 Å². The predicted octanol–water partition coefficient (Wildman–Crippen LogP) is 1.67. The van der Waals surface area contributed by atoms with Gasteiger partial charge in [0.25, 0.3) is 5.91 Å². The number of morpholine rings is 1. The molecule has 1 heterocycles. The first kappa shape index (κ1) is 15.6. The monoisotopic (exact) mass is 287 g/mol. The van der Waals surface area contributed by atoms with Crippen LogP contribution >= 0.6 is 0 Å². The lowest BCUT2D eigenvalue weighted by molar-refractivity contribution is -0.118. The van der Waals surface area contributed by atoms with Crippen molar-refractivity contribution >= 4 is 5.91 Å². The third-order valence-electron chi connectivity index (χ3n) is 3.28. The molecule has 1 aliphatic heterocycles. The third kappa shape index (κ3) is 4.07. The Labute approximate surface area is 125 Å². The number of aliphatic hydroxyl groups excluding tert-OH is 1. The SMILES string of the molecule is CC1CN(C(=O)c2cccc(C#CCO)c2)CC(C)(C)O1. The van der Waals surface area contributed by atoms with Crippen LogP contribution in [-0.4, -0.2) is 47.3 Å². The van der Waals surface area contributed by atoms with E-state index < -0.39 is 0 Å². The minimum atomic E-state index is -0.332. The van der Waals surface area contributed by atoms with E-state index in [1.54, 1.807) is 12.1 Å². The Morgan fingerprint density at radius 2 is 2.29 bits per heavy atom. The van der Waals surface area contributed by atoms with E-state index in [-0.39, 0.29) is 24.2 Å². The molecular formula is C17H21NO3. The molecule has 1 unspecified atom stereocenters. The second-order valence-electron chi connectivity index (χ2n) is 5.91. The summed E-state index contributed by atoms with van der Waals surface area (Å²) in [7, 11) is 0. The van der Waals surface area contributed by atoms with Gasteiger partial charge in [0.1, 0.15) is 6.61 Å². The van der Waals surface area contributed by atoms with Crippen LogP contribution in [0.25, 0.3) is 0 Å². The van der Waals surface area contributed by atoms with Gasteiger partial charge >= 0.3 is 0 Å². The number of carbonyl (C=O) groups excluding carboxylic acids is 1. The number of rotatable bonds is 1. The summed E-state index contributed by atoms with van der Waals surface area (Å²) < 4.78 is 5.82. The minimum Gasteiger partial charge on any atom is -0.384 e. The summed E-state index contributed by atoms with van der Waals surface area (Å²) in [5, 5.41) is 8.73. The summed E-state index contributed by atoms with van der Waals surface area (Å²) in [6.07, 6.45) is 0.0232. The molecule has 0 aliphatic carbocycles. The normalized spacial score (nSPS) is 20.6. The first-order valence-corrected chi connectivity index (χ1v) is 7.08. The predicted molar refractivity (Wildman–Crippen MR) is 80.9 cm³/mol. The zero-order valence-corrected chi connectivity index (χ0v) is 12.7. The molecule has 4 heteroatoms. The van der Waals surface area contributed by atoms with Crippen molar-refractivity contribution in [2.45, 2.75) is 32.5 Å². The molecule has 1 aliphatic rings. The summed E-state index contributed by atoms with van der Waals surface area (Å²) in [5.41, 5.74) is 1.02. The van der Waals surface area contributed by atoms with Gasteiger partial charge in [0.05, 0.1) is 11.7 Å². The van der Waals surface area contributed by atoms with Crippen LogP contribution in [0, 0.1) is 11.8 Å². The first-order valence-electron chi connectivity index (χ1n) is 7.08. The van der Waals surface area contributed by atoms with E-state index in [1.165, 1.54) is 0 Å². The Morgan fingerprint density at radius 1 is 1.52 bits per heavy atom. The van der Waals surface area contributed by atoms with Gasteiger partial charge < -0.3 is 14.7 Å². The van der Waals surface area contributed by atoms with Crippen molar-refractivity contribution in [3.05, 3.63) is 35.4 Å². The molecule has 21 heavy (non-hydrogen) atoms. The Morgan fingerprint density at radius 3 is 2.95 bits per heavy atom. The maximum atomic E-state index is 12.6. The highest BCUT2D eigenvalue weighted by molar-refractivity contribution is 5.94. The summed E-state index contributed by atoms with van der Waals surface area (Å²) >= 11 is 0. The van der Waals surface area contributed by atoms with Crippen LogP contribution in [0.4, 0.5) is 0 Å². The van der Waals surface area contributed by atoms with Gasteiger partial charge in [0, 0.05) is 24.2 Å². The Balaban J connectivity index is 2.19. The maximum Gasteiger partial charge on any atom is 0.254 e. The summed E-state index contributed by atoms with van der Waals surface area (Å²) in [4.78, 5) is 14.5. The maximum absolute atomic E-state index is 12.6. The Kier molecular flexibility index (Phi) is 4.66. The zero-order valence-electron chi connectivity index (χ0n) is 12.7. The number of hydrogen-bond donors (Lipinski definition) is 1. The fourth-order valence-electron chi connectivity index (χ4n) is 2.66. The quantitative estimate of drug-likeness (QED) is 0.799. The van der Waals surface area contributed by atoms with Crippen molar-refractivity contribution in [3.63, 3.8) is 0 Å². The summed E-state index contributed by atoms with van der Waals surface area (Å²) in [6.45, 7) is 6.94. The molecule has 4 nitrogen and oxygen atoms in total. The zero-order chi connectivity index (χ0) is 15.5. The molecule has 0 aromatic heterocycles. The van der Waals surface area contributed by atoms with Crippen LogP contribution in [0.15, 0.2) is 24.3 Å². The highest BCUT2D eigenvalue weighted by atomic mass is 16.5. The highest BCUT2D eigenvalue weighted by Crippen LogP contribution is 2.22. The van der Waals surface area contributed by atoms with E-state index in [1.807, 2.05) is 37.8 Å². The van der Waals surface area contributed by atoms with Gasteiger partial charge in [-0.1, -0.05) is 17.9 Å². The molecule has 0 saturated carbocycles. The molecule has 1 aromatic rings. The number of benzene rings is 1. The van der Waals surface area contributed by atoms with Gasteiger partial charge in [-0.25, -0.2) is 0 Å². The molecule has 2 rings (SSSR count). The smallest absolute Gasteiger partial charge is 0.254 e. The molecule has 1 aromatic carbocycles. The minimum absolute atomic E-state index is 0.00845. The van der Waals surface area contributed by atoms with Crippen LogP contribution in [0.1, 0.15) is 36.7 Å². The van der Waals surface area contributed by atoms with E-state index in [0.717, 1.165) is 5.56 Å². The second kappa shape index (κ2) is 6.30. The van der Waals surface area contributed by atoms with Crippen molar-refractivity contribution in [2.75, 3.05) is 19.7 Å². The number of nitrogens with zero attached hydrogens (tertiary/aromatic N) is 1. The van der Waals surface area contributed by atoms with Crippen molar-refractivity contribution < 1.29 is 14.6 Å². The topological polar surface area (TPSA) is 49.8 Å². The average Bonchev–Trinajstić information content (AvgIpc) is 2.42. The molecular weight excluding hydrogens is 266 g/mol. The van der Waals surface area contributed by atoms with Gasteiger partial charge in [0.2, 0.25) is 0 Å². The fraction of sp³-hybridized carbons (Fsp3) is 0.471. The number of carbonyl (C=O) groups is 1. The van der Waals surface area contributed by atoms with Gasteiger partial charge in [-0.3, -0.25) is 4.79 Å². The Bertz CT molecular complexity index is 583. The third-order valence-corrected chi connectivity index (χ3v) is 3.28. The first-order chi connectivity index (χ1) is 9.91. The number of aliphatic hydroxyl groups is 1. The lowest BCUT2D eigenvalue weighted by Gasteiger charge is -2.41. The van der Waals surface area contributed by atoms with Crippen LogP contribution in [-0.2, 0) is 4.74 Å². The molecule has 0 bridgehead atoms. The van der Waals surface area contributed by atoms with Crippen molar-refractivity contribution in [3.8, 4) is 11.8 Å². The molecule has 0 radical (unpaired) electrons. The molecule has 0 spiro atoms. The lowest BCUT2D eigenvalue weighted by atomic mass is 10.0. The van der Waals surface area contributed by atoms with Crippen LogP contribution in [0.3, 0.4) is 0 Å². The molecule has 112 valence electrons. The van der Waals surface area contributed by atoms with Gasteiger partial charge in [-0.15, -0.1) is 0 Å². The molecule has 1 atom stereocenters. The molecule has 1 saturated heterocycles.